The summed E-state index contributed by atoms with van der Waals surface area (Å²) in [6.45, 7) is 1.80. The lowest BCUT2D eigenvalue weighted by Gasteiger charge is -2.14. The molecule has 0 saturated carbocycles. The topological polar surface area (TPSA) is 78.4 Å². The van der Waals surface area contributed by atoms with Crippen molar-refractivity contribution in [3.8, 4) is 0 Å². The molecule has 1 aromatic rings. The first-order valence-electron chi connectivity index (χ1n) is 6.02. The fourth-order valence-corrected chi connectivity index (χ4v) is 1.56. The molecule has 5 nitrogen and oxygen atoms in total. The van der Waals surface area contributed by atoms with E-state index in [4.69, 9.17) is 5.11 Å². The quantitative estimate of drug-likeness (QED) is 0.742. The maximum Gasteiger partial charge on any atom is 0.319 e. The van der Waals surface area contributed by atoms with Crippen LogP contribution >= 0.6 is 0 Å². The van der Waals surface area contributed by atoms with E-state index in [2.05, 4.69) is 10.6 Å². The highest BCUT2D eigenvalue weighted by molar-refractivity contribution is 5.89. The molecule has 0 aliphatic rings. The number of nitrogens with one attached hydrogen (secondary N) is 2. The summed E-state index contributed by atoms with van der Waals surface area (Å²) in [4.78, 5) is 21.9. The van der Waals surface area contributed by atoms with Crippen LogP contribution < -0.4 is 10.6 Å². The lowest BCUT2D eigenvalue weighted by molar-refractivity contribution is -0.137. The number of carboxylic acids is 1. The third kappa shape index (κ3) is 6.40. The summed E-state index contributed by atoms with van der Waals surface area (Å²) in [5.41, 5.74) is 0.497. The Morgan fingerprint density at radius 3 is 2.53 bits per heavy atom. The van der Waals surface area contributed by atoms with Crippen LogP contribution in [0.15, 0.2) is 24.3 Å². The number of rotatable bonds is 6. The van der Waals surface area contributed by atoms with Gasteiger partial charge in [-0.25, -0.2) is 9.18 Å². The minimum atomic E-state index is -0.844. The molecule has 104 valence electrons. The van der Waals surface area contributed by atoms with Crippen LogP contribution in [0, 0.1) is 5.82 Å². The van der Waals surface area contributed by atoms with Crippen LogP contribution in [0.5, 0.6) is 0 Å². The highest BCUT2D eigenvalue weighted by Crippen LogP contribution is 2.08. The van der Waals surface area contributed by atoms with Crippen LogP contribution in [0.3, 0.4) is 0 Å². The smallest absolute Gasteiger partial charge is 0.319 e. The Labute approximate surface area is 110 Å². The lowest BCUT2D eigenvalue weighted by atomic mass is 10.1. The molecule has 0 aromatic heterocycles. The predicted octanol–water partition coefficient (Wildman–Crippen LogP) is 2.59. The van der Waals surface area contributed by atoms with Crippen molar-refractivity contribution in [2.24, 2.45) is 0 Å². The Bertz CT molecular complexity index is 434. The molecule has 1 unspecified atom stereocenters. The first-order valence-corrected chi connectivity index (χ1v) is 6.02. The van der Waals surface area contributed by atoms with Crippen molar-refractivity contribution < 1.29 is 19.1 Å². The minimum absolute atomic E-state index is 0.0889. The molecular weight excluding hydrogens is 251 g/mol. The minimum Gasteiger partial charge on any atom is -0.481 e. The zero-order valence-corrected chi connectivity index (χ0v) is 10.6. The fraction of sp³-hybridized carbons (Fsp3) is 0.385. The van der Waals surface area contributed by atoms with Gasteiger partial charge in [0, 0.05) is 18.2 Å². The van der Waals surface area contributed by atoms with Crippen LogP contribution in [0.4, 0.5) is 14.9 Å². The summed E-state index contributed by atoms with van der Waals surface area (Å²) >= 11 is 0. The first kappa shape index (κ1) is 14.9. The summed E-state index contributed by atoms with van der Waals surface area (Å²) in [5, 5.41) is 13.7. The van der Waals surface area contributed by atoms with Crippen LogP contribution in [0.1, 0.15) is 26.2 Å². The normalized spacial score (nSPS) is 11.7. The lowest BCUT2D eigenvalue weighted by Crippen LogP contribution is -2.36. The molecule has 0 heterocycles. The summed E-state index contributed by atoms with van der Waals surface area (Å²) in [6.07, 6.45) is 1.18. The van der Waals surface area contributed by atoms with E-state index >= 15 is 0 Å². The predicted molar refractivity (Wildman–Crippen MR) is 69.5 cm³/mol. The zero-order chi connectivity index (χ0) is 14.3. The van der Waals surface area contributed by atoms with Gasteiger partial charge in [-0.2, -0.15) is 0 Å². The van der Waals surface area contributed by atoms with Crippen molar-refractivity contribution in [2.45, 2.75) is 32.2 Å². The Kier molecular flexibility index (Phi) is 5.78. The molecule has 19 heavy (non-hydrogen) atoms. The van der Waals surface area contributed by atoms with E-state index in [1.807, 2.05) is 0 Å². The number of hydrogen-bond acceptors (Lipinski definition) is 2. The van der Waals surface area contributed by atoms with Gasteiger partial charge in [0.2, 0.25) is 0 Å². The highest BCUT2D eigenvalue weighted by atomic mass is 19.1. The molecule has 6 heteroatoms. The molecule has 0 fully saturated rings. The molecule has 0 bridgehead atoms. The van der Waals surface area contributed by atoms with Gasteiger partial charge in [0.15, 0.2) is 0 Å². The van der Waals surface area contributed by atoms with Gasteiger partial charge in [-0.05, 0) is 44.0 Å². The molecule has 2 amide bonds. The number of carboxylic acid groups (broad SMARTS) is 1. The third-order valence-corrected chi connectivity index (χ3v) is 2.51. The van der Waals surface area contributed by atoms with Gasteiger partial charge in [-0.1, -0.05) is 0 Å². The van der Waals surface area contributed by atoms with Crippen LogP contribution in [-0.2, 0) is 4.79 Å². The van der Waals surface area contributed by atoms with E-state index in [1.165, 1.54) is 24.3 Å². The zero-order valence-electron chi connectivity index (χ0n) is 10.6. The van der Waals surface area contributed by atoms with E-state index in [-0.39, 0.29) is 18.3 Å². The van der Waals surface area contributed by atoms with E-state index in [9.17, 15) is 14.0 Å². The second-order valence-corrected chi connectivity index (χ2v) is 4.29. The maximum atomic E-state index is 12.7. The van der Waals surface area contributed by atoms with Crippen LogP contribution in [0.2, 0.25) is 0 Å². The average molecular weight is 268 g/mol. The number of carbonyl (C=O) groups is 2. The molecule has 0 aliphatic heterocycles. The number of benzene rings is 1. The van der Waals surface area contributed by atoms with E-state index in [0.29, 0.717) is 18.5 Å². The molecule has 1 aromatic carbocycles. The molecule has 0 saturated heterocycles. The summed E-state index contributed by atoms with van der Waals surface area (Å²) in [6, 6.07) is 4.92. The second-order valence-electron chi connectivity index (χ2n) is 4.29. The van der Waals surface area contributed by atoms with Crippen molar-refractivity contribution in [1.29, 1.82) is 0 Å². The van der Waals surface area contributed by atoms with Crippen molar-refractivity contribution in [2.75, 3.05) is 5.32 Å². The van der Waals surface area contributed by atoms with Crippen LogP contribution in [0.25, 0.3) is 0 Å². The molecule has 3 N–H and O–H groups in total. The van der Waals surface area contributed by atoms with E-state index < -0.39 is 12.0 Å². The average Bonchev–Trinajstić information content (AvgIpc) is 2.31. The van der Waals surface area contributed by atoms with Crippen molar-refractivity contribution in [3.05, 3.63) is 30.1 Å². The molecule has 0 spiro atoms. The molecule has 1 rings (SSSR count). The number of urea groups is 1. The summed E-state index contributed by atoms with van der Waals surface area (Å²) in [5.74, 6) is -1.21. The van der Waals surface area contributed by atoms with Crippen molar-refractivity contribution >= 4 is 17.7 Å². The number of halogens is 1. The number of amides is 2. The highest BCUT2D eigenvalue weighted by Gasteiger charge is 2.08. The van der Waals surface area contributed by atoms with Crippen molar-refractivity contribution in [3.63, 3.8) is 0 Å². The van der Waals surface area contributed by atoms with Gasteiger partial charge in [0.05, 0.1) is 0 Å². The van der Waals surface area contributed by atoms with Gasteiger partial charge in [0.25, 0.3) is 0 Å². The third-order valence-electron chi connectivity index (χ3n) is 2.51. The van der Waals surface area contributed by atoms with Gasteiger partial charge in [0.1, 0.15) is 5.82 Å². The summed E-state index contributed by atoms with van der Waals surface area (Å²) in [7, 11) is 0. The maximum absolute atomic E-state index is 12.7. The summed E-state index contributed by atoms with van der Waals surface area (Å²) < 4.78 is 12.7. The Balaban J connectivity index is 2.30. The number of aliphatic carboxylic acids is 1. The SMILES string of the molecule is CC(CCCC(=O)O)NC(=O)Nc1ccc(F)cc1. The first-order chi connectivity index (χ1) is 8.97. The Morgan fingerprint density at radius 2 is 1.95 bits per heavy atom. The standard InChI is InChI=1S/C13H17FN2O3/c1-9(3-2-4-12(17)18)15-13(19)16-11-7-5-10(14)6-8-11/h5-9H,2-4H2,1H3,(H,17,18)(H2,15,16,19). The van der Waals surface area contributed by atoms with E-state index in [1.54, 1.807) is 6.92 Å². The monoisotopic (exact) mass is 268 g/mol. The van der Waals surface area contributed by atoms with E-state index in [0.717, 1.165) is 0 Å². The largest absolute Gasteiger partial charge is 0.481 e. The van der Waals surface area contributed by atoms with Gasteiger partial charge >= 0.3 is 12.0 Å². The van der Waals surface area contributed by atoms with Gasteiger partial charge < -0.3 is 15.7 Å². The Hall–Kier alpha value is -2.11. The molecule has 0 aliphatic carbocycles. The van der Waals surface area contributed by atoms with Crippen LogP contribution in [-0.4, -0.2) is 23.1 Å². The van der Waals surface area contributed by atoms with Crippen molar-refractivity contribution in [1.82, 2.24) is 5.32 Å². The molecular formula is C13H17FN2O3. The number of anilines is 1. The fourth-order valence-electron chi connectivity index (χ4n) is 1.56. The second kappa shape index (κ2) is 7.35. The number of hydrogen-bond donors (Lipinski definition) is 3. The molecule has 1 atom stereocenters. The van der Waals surface area contributed by atoms with Gasteiger partial charge in [-0.15, -0.1) is 0 Å². The molecule has 0 radical (unpaired) electrons. The number of carbonyl (C=O) groups excluding carboxylic acids is 1. The Morgan fingerprint density at radius 1 is 1.32 bits per heavy atom. The van der Waals surface area contributed by atoms with Gasteiger partial charge in [-0.3, -0.25) is 4.79 Å².